The van der Waals surface area contributed by atoms with Gasteiger partial charge in [0.05, 0.1) is 0 Å². The average Bonchev–Trinajstić information content (AvgIpc) is 3.33. The number of fused-ring (bicyclic) bond motifs is 2. The highest BCUT2D eigenvalue weighted by Crippen LogP contribution is 2.22. The van der Waals surface area contributed by atoms with Crippen molar-refractivity contribution in [3.8, 4) is 0 Å². The zero-order valence-corrected chi connectivity index (χ0v) is 15.3. The molecule has 0 amide bonds. The van der Waals surface area contributed by atoms with Gasteiger partial charge in [0.1, 0.15) is 18.0 Å². The predicted molar refractivity (Wildman–Crippen MR) is 100 cm³/mol. The minimum absolute atomic E-state index is 0.634. The number of rotatable bonds is 3. The molecule has 1 fully saturated rings. The van der Waals surface area contributed by atoms with Gasteiger partial charge in [-0.25, -0.2) is 9.97 Å². The number of hydrogen-bond acceptors (Lipinski definition) is 8. The Hall–Kier alpha value is -3.30. The van der Waals surface area contributed by atoms with Gasteiger partial charge in [0.15, 0.2) is 5.82 Å². The summed E-state index contributed by atoms with van der Waals surface area (Å²) in [4.78, 5) is 17.8. The quantitative estimate of drug-likeness (QED) is 0.526. The standard InChI is InChI=1S/C17H20N10/c1-3-13-22-23-16-15(18-4-5-26(13)16)25-8-6-24(7-9-25)14-10-12(2)21-17-19-11-20-27(14)17/h4-5,10-11H,3,6-9H2,1-2H3. The normalized spacial score (nSPS) is 15.2. The van der Waals surface area contributed by atoms with Crippen LogP contribution >= 0.6 is 0 Å². The summed E-state index contributed by atoms with van der Waals surface area (Å²) >= 11 is 0. The van der Waals surface area contributed by atoms with Crippen molar-refractivity contribution in [3.05, 3.63) is 36.3 Å². The highest BCUT2D eigenvalue weighted by Gasteiger charge is 2.23. The topological polar surface area (TPSA) is 92.6 Å². The minimum atomic E-state index is 0.634. The molecule has 0 bridgehead atoms. The van der Waals surface area contributed by atoms with Crippen LogP contribution in [0, 0.1) is 6.92 Å². The molecule has 0 atom stereocenters. The summed E-state index contributed by atoms with van der Waals surface area (Å²) in [7, 11) is 0. The van der Waals surface area contributed by atoms with Gasteiger partial charge in [0.2, 0.25) is 5.65 Å². The second-order valence-corrected chi connectivity index (χ2v) is 6.62. The van der Waals surface area contributed by atoms with Crippen molar-refractivity contribution in [2.75, 3.05) is 36.0 Å². The van der Waals surface area contributed by atoms with Crippen LogP contribution in [0.4, 0.5) is 11.6 Å². The van der Waals surface area contributed by atoms with E-state index < -0.39 is 0 Å². The van der Waals surface area contributed by atoms with E-state index in [9.17, 15) is 0 Å². The van der Waals surface area contributed by atoms with Crippen molar-refractivity contribution in [1.29, 1.82) is 0 Å². The van der Waals surface area contributed by atoms with Crippen LogP contribution in [-0.4, -0.2) is 65.3 Å². The van der Waals surface area contributed by atoms with E-state index >= 15 is 0 Å². The van der Waals surface area contributed by atoms with Crippen LogP contribution in [0.25, 0.3) is 11.4 Å². The maximum atomic E-state index is 4.58. The molecule has 1 aliphatic heterocycles. The SMILES string of the molecule is CCc1nnc2c(N3CCN(c4cc(C)nc5ncnn45)CC3)nccn12. The van der Waals surface area contributed by atoms with Gasteiger partial charge in [0.25, 0.3) is 5.78 Å². The lowest BCUT2D eigenvalue weighted by molar-refractivity contribution is 0.633. The van der Waals surface area contributed by atoms with Crippen molar-refractivity contribution in [2.45, 2.75) is 20.3 Å². The monoisotopic (exact) mass is 364 g/mol. The number of nitrogens with zero attached hydrogens (tertiary/aromatic N) is 10. The highest BCUT2D eigenvalue weighted by molar-refractivity contribution is 5.64. The van der Waals surface area contributed by atoms with Crippen LogP contribution in [-0.2, 0) is 6.42 Å². The molecule has 0 N–H and O–H groups in total. The van der Waals surface area contributed by atoms with Gasteiger partial charge >= 0.3 is 0 Å². The van der Waals surface area contributed by atoms with Crippen molar-refractivity contribution in [3.63, 3.8) is 0 Å². The Labute approximate surface area is 155 Å². The molecule has 27 heavy (non-hydrogen) atoms. The molecular formula is C17H20N10. The van der Waals surface area contributed by atoms with E-state index in [0.717, 1.165) is 61.4 Å². The van der Waals surface area contributed by atoms with E-state index in [1.807, 2.05) is 23.7 Å². The first kappa shape index (κ1) is 15.9. The lowest BCUT2D eigenvalue weighted by atomic mass is 10.3. The molecule has 1 saturated heterocycles. The first-order valence-corrected chi connectivity index (χ1v) is 9.10. The molecule has 138 valence electrons. The Morgan fingerprint density at radius 3 is 2.67 bits per heavy atom. The molecule has 5 rings (SSSR count). The predicted octanol–water partition coefficient (Wildman–Crippen LogP) is 0.759. The van der Waals surface area contributed by atoms with E-state index in [4.69, 9.17) is 0 Å². The Balaban J connectivity index is 1.42. The number of hydrogen-bond donors (Lipinski definition) is 0. The highest BCUT2D eigenvalue weighted by atomic mass is 15.4. The second kappa shape index (κ2) is 6.15. The number of aromatic nitrogens is 8. The van der Waals surface area contributed by atoms with Crippen molar-refractivity contribution < 1.29 is 0 Å². The molecule has 5 heterocycles. The third-order valence-corrected chi connectivity index (χ3v) is 4.96. The first-order chi connectivity index (χ1) is 13.2. The molecule has 0 radical (unpaired) electrons. The summed E-state index contributed by atoms with van der Waals surface area (Å²) in [6, 6.07) is 2.06. The molecule has 0 aliphatic carbocycles. The van der Waals surface area contributed by atoms with Crippen LogP contribution in [0.3, 0.4) is 0 Å². The molecule has 4 aromatic rings. The fraction of sp³-hybridized carbons (Fsp3) is 0.412. The number of aryl methyl sites for hydroxylation is 2. The van der Waals surface area contributed by atoms with Gasteiger partial charge in [-0.15, -0.1) is 10.2 Å². The Morgan fingerprint density at radius 1 is 1.04 bits per heavy atom. The lowest BCUT2D eigenvalue weighted by Crippen LogP contribution is -2.47. The van der Waals surface area contributed by atoms with E-state index in [2.05, 4.69) is 53.0 Å². The van der Waals surface area contributed by atoms with Crippen LogP contribution < -0.4 is 9.80 Å². The lowest BCUT2D eigenvalue weighted by Gasteiger charge is -2.36. The van der Waals surface area contributed by atoms with Gasteiger partial charge in [-0.2, -0.15) is 14.6 Å². The largest absolute Gasteiger partial charge is 0.353 e. The Morgan fingerprint density at radius 2 is 1.85 bits per heavy atom. The van der Waals surface area contributed by atoms with Crippen molar-refractivity contribution in [1.82, 2.24) is 39.2 Å². The Bertz CT molecular complexity index is 1110. The first-order valence-electron chi connectivity index (χ1n) is 9.10. The van der Waals surface area contributed by atoms with Gasteiger partial charge in [-0.1, -0.05) is 6.92 Å². The molecule has 10 heteroatoms. The van der Waals surface area contributed by atoms with E-state index in [1.165, 1.54) is 0 Å². The fourth-order valence-corrected chi connectivity index (χ4v) is 3.61. The van der Waals surface area contributed by atoms with Gasteiger partial charge in [-0.05, 0) is 6.92 Å². The molecule has 1 aliphatic rings. The zero-order chi connectivity index (χ0) is 18.4. The summed E-state index contributed by atoms with van der Waals surface area (Å²) in [6.07, 6.45) is 6.13. The maximum Gasteiger partial charge on any atom is 0.254 e. The van der Waals surface area contributed by atoms with Gasteiger partial charge in [0, 0.05) is 56.8 Å². The van der Waals surface area contributed by atoms with E-state index in [-0.39, 0.29) is 0 Å². The fourth-order valence-electron chi connectivity index (χ4n) is 3.61. The molecule has 0 spiro atoms. The molecule has 0 aromatic carbocycles. The van der Waals surface area contributed by atoms with Gasteiger partial charge < -0.3 is 9.80 Å². The molecular weight excluding hydrogens is 344 g/mol. The van der Waals surface area contributed by atoms with Crippen LogP contribution in [0.1, 0.15) is 18.4 Å². The summed E-state index contributed by atoms with van der Waals surface area (Å²) in [6.45, 7) is 7.47. The van der Waals surface area contributed by atoms with E-state index in [1.54, 1.807) is 10.8 Å². The summed E-state index contributed by atoms with van der Waals surface area (Å²) in [5.74, 6) is 3.50. The zero-order valence-electron chi connectivity index (χ0n) is 15.3. The molecule has 10 nitrogen and oxygen atoms in total. The van der Waals surface area contributed by atoms with E-state index in [0.29, 0.717) is 5.78 Å². The Kier molecular flexibility index (Phi) is 3.62. The molecule has 0 unspecified atom stereocenters. The second-order valence-electron chi connectivity index (χ2n) is 6.62. The summed E-state index contributed by atoms with van der Waals surface area (Å²) in [5, 5.41) is 13.0. The summed E-state index contributed by atoms with van der Waals surface area (Å²) < 4.78 is 3.83. The third kappa shape index (κ3) is 2.56. The van der Waals surface area contributed by atoms with Crippen molar-refractivity contribution in [2.24, 2.45) is 0 Å². The number of anilines is 2. The number of piperazine rings is 1. The molecule has 4 aromatic heterocycles. The van der Waals surface area contributed by atoms with Crippen LogP contribution in [0.5, 0.6) is 0 Å². The van der Waals surface area contributed by atoms with Crippen LogP contribution in [0.2, 0.25) is 0 Å². The average molecular weight is 364 g/mol. The summed E-state index contributed by atoms with van der Waals surface area (Å²) in [5.41, 5.74) is 1.76. The smallest absolute Gasteiger partial charge is 0.254 e. The third-order valence-electron chi connectivity index (χ3n) is 4.96. The minimum Gasteiger partial charge on any atom is -0.353 e. The maximum absolute atomic E-state index is 4.58. The van der Waals surface area contributed by atoms with Gasteiger partial charge in [-0.3, -0.25) is 4.40 Å². The molecule has 0 saturated carbocycles. The van der Waals surface area contributed by atoms with Crippen LogP contribution in [0.15, 0.2) is 24.8 Å². The van der Waals surface area contributed by atoms with Crippen molar-refractivity contribution >= 4 is 23.1 Å².